The molecule has 2 aromatic carbocycles. The van der Waals surface area contributed by atoms with E-state index in [1.807, 2.05) is 0 Å². The molecule has 1 atom stereocenters. The second kappa shape index (κ2) is 4.31. The van der Waals surface area contributed by atoms with Gasteiger partial charge in [-0.1, -0.05) is 41.9 Å². The molecule has 0 fully saturated rings. The zero-order valence-corrected chi connectivity index (χ0v) is 10.9. The molecule has 0 radical (unpaired) electrons. The van der Waals surface area contributed by atoms with E-state index in [2.05, 4.69) is 5.32 Å². The first-order valence-electron chi connectivity index (χ1n) is 5.88. The summed E-state index contributed by atoms with van der Waals surface area (Å²) in [6.07, 6.45) is 0. The number of benzene rings is 2. The molecule has 0 spiro atoms. The molecule has 0 bridgehead atoms. The molecule has 1 N–H and O–H groups in total. The van der Waals surface area contributed by atoms with Crippen molar-refractivity contribution in [1.29, 1.82) is 0 Å². The van der Waals surface area contributed by atoms with Crippen molar-refractivity contribution in [3.8, 4) is 0 Å². The van der Waals surface area contributed by atoms with Crippen molar-refractivity contribution >= 4 is 23.2 Å². The zero-order valence-electron chi connectivity index (χ0n) is 10.2. The molecule has 3 rings (SSSR count). The monoisotopic (exact) mass is 288 g/mol. The van der Waals surface area contributed by atoms with Gasteiger partial charge in [0, 0.05) is 15.5 Å². The Bertz CT molecular complexity index is 718. The van der Waals surface area contributed by atoms with Gasteiger partial charge in [-0.25, -0.2) is 0 Å². The molecule has 0 saturated carbocycles. The Hall–Kier alpha value is -2.40. The third-order valence-electron chi connectivity index (χ3n) is 3.41. The first kappa shape index (κ1) is 12.6. The van der Waals surface area contributed by atoms with E-state index in [-0.39, 0.29) is 5.56 Å². The summed E-state index contributed by atoms with van der Waals surface area (Å²) in [6, 6.07) is 12.8. The molecule has 5 nitrogen and oxygen atoms in total. The van der Waals surface area contributed by atoms with Crippen LogP contribution >= 0.6 is 11.6 Å². The first-order chi connectivity index (χ1) is 9.56. The van der Waals surface area contributed by atoms with Crippen molar-refractivity contribution in [1.82, 2.24) is 0 Å². The van der Waals surface area contributed by atoms with Crippen LogP contribution in [-0.4, -0.2) is 10.8 Å². The van der Waals surface area contributed by atoms with E-state index in [9.17, 15) is 14.9 Å². The average molecular weight is 289 g/mol. The van der Waals surface area contributed by atoms with E-state index in [0.29, 0.717) is 16.3 Å². The van der Waals surface area contributed by atoms with Crippen LogP contribution in [-0.2, 0) is 10.3 Å². The highest BCUT2D eigenvalue weighted by molar-refractivity contribution is 6.31. The van der Waals surface area contributed by atoms with Gasteiger partial charge in [-0.05, 0) is 18.2 Å². The number of hydrogen-bond acceptors (Lipinski definition) is 3. The number of halogens is 1. The summed E-state index contributed by atoms with van der Waals surface area (Å²) >= 11 is 5.93. The Balaban J connectivity index is 2.36. The van der Waals surface area contributed by atoms with E-state index in [1.165, 1.54) is 6.07 Å². The highest BCUT2D eigenvalue weighted by atomic mass is 35.5. The molecule has 1 aliphatic heterocycles. The van der Waals surface area contributed by atoms with E-state index in [0.717, 1.165) is 0 Å². The summed E-state index contributed by atoms with van der Waals surface area (Å²) in [6.45, 7) is 0. The van der Waals surface area contributed by atoms with Crippen molar-refractivity contribution in [2.24, 2.45) is 0 Å². The molecule has 6 heteroatoms. The van der Waals surface area contributed by atoms with Gasteiger partial charge in [0.25, 0.3) is 0 Å². The van der Waals surface area contributed by atoms with Crippen LogP contribution in [0.2, 0.25) is 5.02 Å². The predicted molar refractivity (Wildman–Crippen MR) is 74.3 cm³/mol. The molecule has 2 aromatic rings. The number of fused-ring (bicyclic) bond motifs is 1. The maximum atomic E-state index is 12.3. The van der Waals surface area contributed by atoms with Crippen molar-refractivity contribution in [3.63, 3.8) is 0 Å². The minimum atomic E-state index is -1.94. The molecule has 100 valence electrons. The number of anilines is 1. The minimum absolute atomic E-state index is 0.270. The Morgan fingerprint density at radius 1 is 1.15 bits per heavy atom. The second-order valence-corrected chi connectivity index (χ2v) is 4.91. The summed E-state index contributed by atoms with van der Waals surface area (Å²) in [5.74, 6) is -0.675. The fraction of sp³-hybridized carbons (Fsp3) is 0.0714. The zero-order chi connectivity index (χ0) is 14.3. The van der Waals surface area contributed by atoms with Crippen LogP contribution in [0.4, 0.5) is 5.69 Å². The molecule has 0 aliphatic carbocycles. The molecule has 1 aliphatic rings. The van der Waals surface area contributed by atoms with Crippen molar-refractivity contribution in [3.05, 3.63) is 74.8 Å². The fourth-order valence-corrected chi connectivity index (χ4v) is 2.68. The maximum Gasteiger partial charge on any atom is 0.350 e. The van der Waals surface area contributed by atoms with E-state index in [4.69, 9.17) is 11.6 Å². The number of nitro groups is 1. The Labute approximate surface area is 119 Å². The summed E-state index contributed by atoms with van der Waals surface area (Å²) < 4.78 is 0. The molecule has 1 amide bonds. The van der Waals surface area contributed by atoms with E-state index in [1.54, 1.807) is 42.5 Å². The number of nitrogens with one attached hydrogen (secondary N) is 1. The molecule has 20 heavy (non-hydrogen) atoms. The summed E-state index contributed by atoms with van der Waals surface area (Å²) in [5, 5.41) is 14.6. The maximum absolute atomic E-state index is 12.3. The molecule has 0 aromatic heterocycles. The van der Waals surface area contributed by atoms with E-state index < -0.39 is 16.4 Å². The van der Waals surface area contributed by atoms with Crippen molar-refractivity contribution < 1.29 is 9.72 Å². The molecule has 1 unspecified atom stereocenters. The minimum Gasteiger partial charge on any atom is -0.319 e. The third kappa shape index (κ3) is 1.53. The molecule has 0 saturated heterocycles. The van der Waals surface area contributed by atoms with Gasteiger partial charge in [-0.2, -0.15) is 0 Å². The van der Waals surface area contributed by atoms with Crippen LogP contribution < -0.4 is 5.32 Å². The number of hydrogen-bond donors (Lipinski definition) is 1. The van der Waals surface area contributed by atoms with Crippen LogP contribution in [0.3, 0.4) is 0 Å². The number of carbonyl (C=O) groups is 1. The Morgan fingerprint density at radius 2 is 1.85 bits per heavy atom. The predicted octanol–water partition coefficient (Wildman–Crippen LogP) is 2.81. The van der Waals surface area contributed by atoms with Gasteiger partial charge in [0.15, 0.2) is 0 Å². The normalized spacial score (nSPS) is 20.4. The lowest BCUT2D eigenvalue weighted by atomic mass is 9.84. The molecular formula is C14H9ClN2O3. The molecule has 1 heterocycles. The largest absolute Gasteiger partial charge is 0.350 e. The van der Waals surface area contributed by atoms with Gasteiger partial charge in [-0.15, -0.1) is 0 Å². The standard InChI is InChI=1S/C14H9ClN2O3/c15-10-6-7-12-11(8-10)14(17(19)20,13(18)16-12)9-4-2-1-3-5-9/h1-8H,(H,16,18). The van der Waals surface area contributed by atoms with Crippen molar-refractivity contribution in [2.45, 2.75) is 5.54 Å². The highest BCUT2D eigenvalue weighted by Gasteiger charge is 2.59. The quantitative estimate of drug-likeness (QED) is 0.682. The number of amides is 1. The van der Waals surface area contributed by atoms with Gasteiger partial charge >= 0.3 is 11.4 Å². The third-order valence-corrected chi connectivity index (χ3v) is 3.65. The van der Waals surface area contributed by atoms with E-state index >= 15 is 0 Å². The van der Waals surface area contributed by atoms with Crippen LogP contribution in [0.15, 0.2) is 48.5 Å². The van der Waals surface area contributed by atoms with Gasteiger partial charge in [0.1, 0.15) is 0 Å². The van der Waals surface area contributed by atoms with Gasteiger partial charge < -0.3 is 5.32 Å². The van der Waals surface area contributed by atoms with Crippen LogP contribution in [0.5, 0.6) is 0 Å². The Kier molecular flexibility index (Phi) is 2.72. The SMILES string of the molecule is O=C1Nc2ccc(Cl)cc2C1(c1ccccc1)[N+](=O)[O-]. The second-order valence-electron chi connectivity index (χ2n) is 4.48. The summed E-state index contributed by atoms with van der Waals surface area (Å²) in [4.78, 5) is 23.5. The topological polar surface area (TPSA) is 72.2 Å². The van der Waals surface area contributed by atoms with Gasteiger partial charge in [0.05, 0.1) is 11.3 Å². The lowest BCUT2D eigenvalue weighted by Crippen LogP contribution is -2.43. The number of carbonyl (C=O) groups excluding carboxylic acids is 1. The number of rotatable bonds is 2. The highest BCUT2D eigenvalue weighted by Crippen LogP contribution is 2.44. The van der Waals surface area contributed by atoms with Gasteiger partial charge in [-0.3, -0.25) is 14.9 Å². The first-order valence-corrected chi connectivity index (χ1v) is 6.26. The fourth-order valence-electron chi connectivity index (χ4n) is 2.51. The van der Waals surface area contributed by atoms with Crippen LogP contribution in [0.25, 0.3) is 0 Å². The van der Waals surface area contributed by atoms with Crippen LogP contribution in [0.1, 0.15) is 11.1 Å². The smallest absolute Gasteiger partial charge is 0.319 e. The Morgan fingerprint density at radius 3 is 2.50 bits per heavy atom. The summed E-state index contributed by atoms with van der Waals surface area (Å²) in [5.41, 5.74) is -0.948. The summed E-state index contributed by atoms with van der Waals surface area (Å²) in [7, 11) is 0. The average Bonchev–Trinajstić information content (AvgIpc) is 2.72. The lowest BCUT2D eigenvalue weighted by Gasteiger charge is -2.18. The van der Waals surface area contributed by atoms with Crippen LogP contribution in [0, 0.1) is 10.1 Å². The molecular weight excluding hydrogens is 280 g/mol. The van der Waals surface area contributed by atoms with Gasteiger partial charge in [0.2, 0.25) is 0 Å². The lowest BCUT2D eigenvalue weighted by molar-refractivity contribution is -0.546. The number of nitrogens with zero attached hydrogens (tertiary/aromatic N) is 1. The van der Waals surface area contributed by atoms with Crippen molar-refractivity contribution in [2.75, 3.05) is 5.32 Å².